The van der Waals surface area contributed by atoms with Gasteiger partial charge in [-0.3, -0.25) is 0 Å². The number of benzene rings is 8. The summed E-state index contributed by atoms with van der Waals surface area (Å²) in [4.78, 5) is 2.38. The molecule has 0 saturated heterocycles. The zero-order valence-electron chi connectivity index (χ0n) is 29.7. The van der Waals surface area contributed by atoms with Crippen LogP contribution in [0.2, 0.25) is 0 Å². The second-order valence-corrected chi connectivity index (χ2v) is 14.2. The van der Waals surface area contributed by atoms with Crippen LogP contribution in [0.1, 0.15) is 18.9 Å². The van der Waals surface area contributed by atoms with Crippen LogP contribution in [-0.2, 0) is 0 Å². The van der Waals surface area contributed by atoms with E-state index in [9.17, 15) is 0 Å². The third-order valence-electron chi connectivity index (χ3n) is 10.9. The molecule has 2 nitrogen and oxygen atoms in total. The number of rotatable bonds is 6. The van der Waals surface area contributed by atoms with Crippen molar-refractivity contribution >= 4 is 66.0 Å². The van der Waals surface area contributed by atoms with Crippen molar-refractivity contribution in [3.05, 3.63) is 200 Å². The standard InChI is InChI=1S/C51H38N2/c1-35-15-14-16-37(33-35)51-45-24-10-8-22-43(45)50(44-23-9-11-25-46(44)51)36-27-29-40(30-28-36)52(38-17-4-2-5-18-38)41-31-32-49-47(34-41)42-21-12-13-26-48(42)53(49)39-19-6-3-7-20-39/h2-32,34-35H,33H2,1H3. The van der Waals surface area contributed by atoms with E-state index < -0.39 is 0 Å². The van der Waals surface area contributed by atoms with Crippen molar-refractivity contribution in [2.75, 3.05) is 4.90 Å². The van der Waals surface area contributed by atoms with E-state index in [2.05, 4.69) is 211 Å². The fourth-order valence-electron chi connectivity index (χ4n) is 8.57. The molecule has 0 aliphatic heterocycles. The normalized spacial score (nSPS) is 14.3. The fourth-order valence-corrected chi connectivity index (χ4v) is 8.57. The molecule has 8 aromatic carbocycles. The van der Waals surface area contributed by atoms with Gasteiger partial charge in [0.25, 0.3) is 0 Å². The van der Waals surface area contributed by atoms with Gasteiger partial charge in [0, 0.05) is 33.5 Å². The molecule has 252 valence electrons. The Morgan fingerprint density at radius 1 is 0.472 bits per heavy atom. The number of anilines is 3. The van der Waals surface area contributed by atoms with E-state index in [1.54, 1.807) is 0 Å². The Hall–Kier alpha value is -6.64. The van der Waals surface area contributed by atoms with Crippen LogP contribution in [0.5, 0.6) is 0 Å². The minimum Gasteiger partial charge on any atom is -0.310 e. The molecule has 1 aliphatic carbocycles. The first-order chi connectivity index (χ1) is 26.2. The molecule has 0 fully saturated rings. The third-order valence-corrected chi connectivity index (χ3v) is 10.9. The Morgan fingerprint density at radius 2 is 1.00 bits per heavy atom. The van der Waals surface area contributed by atoms with Crippen LogP contribution in [0.3, 0.4) is 0 Å². The summed E-state index contributed by atoms with van der Waals surface area (Å²) in [6, 6.07) is 64.1. The number of hydrogen-bond acceptors (Lipinski definition) is 1. The molecule has 1 atom stereocenters. The van der Waals surface area contributed by atoms with Crippen molar-refractivity contribution in [2.24, 2.45) is 5.92 Å². The topological polar surface area (TPSA) is 8.17 Å². The molecule has 1 aromatic heterocycles. The molecule has 0 amide bonds. The lowest BCUT2D eigenvalue weighted by molar-refractivity contribution is 0.750. The lowest BCUT2D eigenvalue weighted by atomic mass is 9.82. The number of para-hydroxylation sites is 3. The average Bonchev–Trinajstić information content (AvgIpc) is 3.55. The second-order valence-electron chi connectivity index (χ2n) is 14.2. The highest BCUT2D eigenvalue weighted by Gasteiger charge is 2.21. The second kappa shape index (κ2) is 12.8. The predicted molar refractivity (Wildman–Crippen MR) is 227 cm³/mol. The number of hydrogen-bond donors (Lipinski definition) is 0. The van der Waals surface area contributed by atoms with E-state index in [0.29, 0.717) is 5.92 Å². The van der Waals surface area contributed by atoms with Crippen LogP contribution in [0.4, 0.5) is 17.1 Å². The van der Waals surface area contributed by atoms with Crippen molar-refractivity contribution in [3.63, 3.8) is 0 Å². The molecule has 0 saturated carbocycles. The molecular formula is C51H38N2. The summed E-state index contributed by atoms with van der Waals surface area (Å²) in [5, 5.41) is 7.68. The maximum absolute atomic E-state index is 2.38. The minimum atomic E-state index is 0.524. The van der Waals surface area contributed by atoms with Crippen molar-refractivity contribution in [3.8, 4) is 16.8 Å². The van der Waals surface area contributed by atoms with Gasteiger partial charge in [0.15, 0.2) is 0 Å². The van der Waals surface area contributed by atoms with Crippen molar-refractivity contribution < 1.29 is 0 Å². The zero-order chi connectivity index (χ0) is 35.3. The van der Waals surface area contributed by atoms with Crippen LogP contribution >= 0.6 is 0 Å². The van der Waals surface area contributed by atoms with Crippen LogP contribution in [0.25, 0.3) is 65.7 Å². The monoisotopic (exact) mass is 678 g/mol. The maximum Gasteiger partial charge on any atom is 0.0542 e. The van der Waals surface area contributed by atoms with Gasteiger partial charge in [0.05, 0.1) is 11.0 Å². The molecule has 0 N–H and O–H groups in total. The number of fused-ring (bicyclic) bond motifs is 5. The van der Waals surface area contributed by atoms with Gasteiger partial charge in [-0.05, 0) is 117 Å². The molecule has 9 aromatic rings. The summed E-state index contributed by atoms with van der Waals surface area (Å²) < 4.78 is 2.37. The highest BCUT2D eigenvalue weighted by atomic mass is 15.1. The van der Waals surface area contributed by atoms with Gasteiger partial charge < -0.3 is 9.47 Å². The first-order valence-electron chi connectivity index (χ1n) is 18.6. The van der Waals surface area contributed by atoms with Crippen LogP contribution in [0.15, 0.2) is 194 Å². The lowest BCUT2D eigenvalue weighted by Crippen LogP contribution is -2.09. The van der Waals surface area contributed by atoms with Crippen molar-refractivity contribution in [1.82, 2.24) is 4.57 Å². The number of aromatic nitrogens is 1. The Balaban J connectivity index is 1.13. The van der Waals surface area contributed by atoms with E-state index in [-0.39, 0.29) is 0 Å². The molecule has 0 radical (unpaired) electrons. The Bertz CT molecular complexity index is 2800. The number of allylic oxidation sites excluding steroid dienone is 4. The molecule has 0 spiro atoms. The van der Waals surface area contributed by atoms with Gasteiger partial charge in [-0.1, -0.05) is 140 Å². The molecule has 10 rings (SSSR count). The summed E-state index contributed by atoms with van der Waals surface area (Å²) in [6.07, 6.45) is 7.91. The van der Waals surface area contributed by atoms with Crippen LogP contribution < -0.4 is 4.90 Å². The average molecular weight is 679 g/mol. The maximum atomic E-state index is 2.38. The van der Waals surface area contributed by atoms with Gasteiger partial charge in [-0.15, -0.1) is 0 Å². The summed E-state index contributed by atoms with van der Waals surface area (Å²) in [7, 11) is 0. The van der Waals surface area contributed by atoms with E-state index in [0.717, 1.165) is 29.2 Å². The molecule has 1 unspecified atom stereocenters. The first-order valence-corrected chi connectivity index (χ1v) is 18.6. The highest BCUT2D eigenvalue weighted by molar-refractivity contribution is 6.19. The molecule has 53 heavy (non-hydrogen) atoms. The predicted octanol–water partition coefficient (Wildman–Crippen LogP) is 14.2. The molecular weight excluding hydrogens is 641 g/mol. The first kappa shape index (κ1) is 31.1. The number of nitrogens with zero attached hydrogens (tertiary/aromatic N) is 2. The van der Waals surface area contributed by atoms with Gasteiger partial charge in [-0.25, -0.2) is 0 Å². The largest absolute Gasteiger partial charge is 0.310 e. The van der Waals surface area contributed by atoms with Crippen molar-refractivity contribution in [2.45, 2.75) is 13.3 Å². The van der Waals surface area contributed by atoms with E-state index >= 15 is 0 Å². The van der Waals surface area contributed by atoms with Gasteiger partial charge in [0.1, 0.15) is 0 Å². The molecule has 2 heteroatoms. The Kier molecular flexibility index (Phi) is 7.54. The third kappa shape index (κ3) is 5.26. The van der Waals surface area contributed by atoms with Crippen LogP contribution in [-0.4, -0.2) is 4.57 Å². The molecule has 1 heterocycles. The van der Waals surface area contributed by atoms with E-state index in [4.69, 9.17) is 0 Å². The summed E-state index contributed by atoms with van der Waals surface area (Å²) in [6.45, 7) is 2.31. The Labute approximate surface area is 310 Å². The van der Waals surface area contributed by atoms with E-state index in [1.165, 1.54) is 65.6 Å². The van der Waals surface area contributed by atoms with E-state index in [1.807, 2.05) is 0 Å². The Morgan fingerprint density at radius 3 is 1.66 bits per heavy atom. The highest BCUT2D eigenvalue weighted by Crippen LogP contribution is 2.45. The quantitative estimate of drug-likeness (QED) is 0.159. The fraction of sp³-hybridized carbons (Fsp3) is 0.0588. The SMILES string of the molecule is CC1C=CC=C(c2c3ccccc3c(-c3ccc(N(c4ccccc4)c4ccc5c(c4)c4ccccc4n5-c4ccccc4)cc3)c3ccccc23)C1. The molecule has 1 aliphatic rings. The summed E-state index contributed by atoms with van der Waals surface area (Å²) in [5.74, 6) is 0.524. The van der Waals surface area contributed by atoms with Gasteiger partial charge >= 0.3 is 0 Å². The van der Waals surface area contributed by atoms with Crippen molar-refractivity contribution in [1.29, 1.82) is 0 Å². The zero-order valence-corrected chi connectivity index (χ0v) is 29.7. The van der Waals surface area contributed by atoms with Crippen LogP contribution in [0, 0.1) is 5.92 Å². The van der Waals surface area contributed by atoms with Gasteiger partial charge in [0.2, 0.25) is 0 Å². The summed E-state index contributed by atoms with van der Waals surface area (Å²) in [5.41, 5.74) is 12.2. The summed E-state index contributed by atoms with van der Waals surface area (Å²) >= 11 is 0. The molecule has 0 bridgehead atoms. The van der Waals surface area contributed by atoms with Gasteiger partial charge in [-0.2, -0.15) is 0 Å². The minimum absolute atomic E-state index is 0.524. The smallest absolute Gasteiger partial charge is 0.0542 e. The lowest BCUT2D eigenvalue weighted by Gasteiger charge is -2.26.